The summed E-state index contributed by atoms with van der Waals surface area (Å²) >= 11 is 1.33. The predicted octanol–water partition coefficient (Wildman–Crippen LogP) is 2.78. The van der Waals surface area contributed by atoms with Crippen molar-refractivity contribution in [2.75, 3.05) is 19.0 Å². The molecule has 0 saturated carbocycles. The second kappa shape index (κ2) is 6.48. The molecule has 1 N–H and O–H groups in total. The SMILES string of the molecule is COC(=O)c1cnc(NCCCC(C)C)s1. The van der Waals surface area contributed by atoms with Crippen LogP contribution in [0, 0.1) is 5.92 Å². The molecule has 0 saturated heterocycles. The molecule has 1 aromatic rings. The minimum absolute atomic E-state index is 0.326. The van der Waals surface area contributed by atoms with Crippen LogP contribution in [0.4, 0.5) is 5.13 Å². The van der Waals surface area contributed by atoms with Crippen LogP contribution in [0.2, 0.25) is 0 Å². The summed E-state index contributed by atoms with van der Waals surface area (Å²) in [5.41, 5.74) is 0. The van der Waals surface area contributed by atoms with Crippen molar-refractivity contribution in [3.8, 4) is 0 Å². The Labute approximate surface area is 100 Å². The molecule has 16 heavy (non-hydrogen) atoms. The van der Waals surface area contributed by atoms with Crippen LogP contribution in [0.15, 0.2) is 6.20 Å². The van der Waals surface area contributed by atoms with Crippen molar-refractivity contribution in [1.29, 1.82) is 0 Å². The van der Waals surface area contributed by atoms with Gasteiger partial charge in [-0.1, -0.05) is 25.2 Å². The van der Waals surface area contributed by atoms with Gasteiger partial charge in [-0.2, -0.15) is 0 Å². The van der Waals surface area contributed by atoms with Crippen LogP contribution in [0.1, 0.15) is 36.4 Å². The van der Waals surface area contributed by atoms with Crippen molar-refractivity contribution in [3.63, 3.8) is 0 Å². The molecule has 0 spiro atoms. The van der Waals surface area contributed by atoms with Crippen LogP contribution in [0.5, 0.6) is 0 Å². The lowest BCUT2D eigenvalue weighted by atomic mass is 10.1. The molecular formula is C11H18N2O2S. The van der Waals surface area contributed by atoms with Crippen LogP contribution in [-0.2, 0) is 4.74 Å². The summed E-state index contributed by atoms with van der Waals surface area (Å²) in [5, 5.41) is 3.98. The summed E-state index contributed by atoms with van der Waals surface area (Å²) in [6, 6.07) is 0. The number of ether oxygens (including phenoxy) is 1. The second-order valence-electron chi connectivity index (χ2n) is 3.98. The van der Waals surface area contributed by atoms with Crippen molar-refractivity contribution >= 4 is 22.4 Å². The molecule has 1 heterocycles. The number of hydrogen-bond donors (Lipinski definition) is 1. The Morgan fingerprint density at radius 2 is 2.38 bits per heavy atom. The first-order chi connectivity index (χ1) is 7.63. The maximum atomic E-state index is 11.2. The van der Waals surface area contributed by atoms with Gasteiger partial charge >= 0.3 is 5.97 Å². The van der Waals surface area contributed by atoms with E-state index in [0.717, 1.165) is 24.0 Å². The van der Waals surface area contributed by atoms with Crippen molar-refractivity contribution < 1.29 is 9.53 Å². The van der Waals surface area contributed by atoms with E-state index >= 15 is 0 Å². The zero-order valence-corrected chi connectivity index (χ0v) is 10.8. The average molecular weight is 242 g/mol. The fourth-order valence-electron chi connectivity index (χ4n) is 1.26. The molecule has 0 amide bonds. The molecular weight excluding hydrogens is 224 g/mol. The maximum absolute atomic E-state index is 11.2. The molecule has 0 aliphatic heterocycles. The van der Waals surface area contributed by atoms with Crippen molar-refractivity contribution in [3.05, 3.63) is 11.1 Å². The predicted molar refractivity (Wildman–Crippen MR) is 66.0 cm³/mol. The van der Waals surface area contributed by atoms with Gasteiger partial charge in [-0.3, -0.25) is 0 Å². The molecule has 0 radical (unpaired) electrons. The van der Waals surface area contributed by atoms with Gasteiger partial charge in [-0.15, -0.1) is 0 Å². The fourth-order valence-corrected chi connectivity index (χ4v) is 2.02. The summed E-state index contributed by atoms with van der Waals surface area (Å²) in [4.78, 5) is 15.8. The lowest BCUT2D eigenvalue weighted by Crippen LogP contribution is -2.02. The number of nitrogens with zero attached hydrogens (tertiary/aromatic N) is 1. The number of aromatic nitrogens is 1. The van der Waals surface area contributed by atoms with Crippen LogP contribution in [-0.4, -0.2) is 24.6 Å². The third-order valence-electron chi connectivity index (χ3n) is 2.13. The Morgan fingerprint density at radius 3 is 3.00 bits per heavy atom. The van der Waals surface area contributed by atoms with Gasteiger partial charge in [0, 0.05) is 6.54 Å². The molecule has 0 fully saturated rings. The Bertz CT molecular complexity index is 336. The molecule has 1 aromatic heterocycles. The molecule has 0 bridgehead atoms. The van der Waals surface area contributed by atoms with Gasteiger partial charge in [-0.05, 0) is 18.8 Å². The quantitative estimate of drug-likeness (QED) is 0.615. The largest absolute Gasteiger partial charge is 0.465 e. The second-order valence-corrected chi connectivity index (χ2v) is 5.01. The number of hydrogen-bond acceptors (Lipinski definition) is 5. The first kappa shape index (κ1) is 13.0. The highest BCUT2D eigenvalue weighted by molar-refractivity contribution is 7.17. The molecule has 0 aliphatic rings. The summed E-state index contributed by atoms with van der Waals surface area (Å²) in [6.45, 7) is 5.31. The minimum Gasteiger partial charge on any atom is -0.465 e. The smallest absolute Gasteiger partial charge is 0.349 e. The average Bonchev–Trinajstić information content (AvgIpc) is 2.71. The maximum Gasteiger partial charge on any atom is 0.349 e. The van der Waals surface area contributed by atoms with Gasteiger partial charge in [0.2, 0.25) is 0 Å². The number of rotatable bonds is 6. The first-order valence-electron chi connectivity index (χ1n) is 5.41. The van der Waals surface area contributed by atoms with Crippen molar-refractivity contribution in [2.45, 2.75) is 26.7 Å². The molecule has 1 rings (SSSR count). The molecule has 0 atom stereocenters. The molecule has 0 unspecified atom stereocenters. The third kappa shape index (κ3) is 4.18. The van der Waals surface area contributed by atoms with E-state index < -0.39 is 0 Å². The van der Waals surface area contributed by atoms with Gasteiger partial charge in [0.25, 0.3) is 0 Å². The standard InChI is InChI=1S/C11H18N2O2S/c1-8(2)5-4-6-12-11-13-7-9(16-11)10(14)15-3/h7-8H,4-6H2,1-3H3,(H,12,13). The molecule has 0 aromatic carbocycles. The highest BCUT2D eigenvalue weighted by Crippen LogP contribution is 2.18. The number of nitrogens with one attached hydrogen (secondary N) is 1. The van der Waals surface area contributed by atoms with Crippen molar-refractivity contribution in [1.82, 2.24) is 4.98 Å². The van der Waals surface area contributed by atoms with E-state index in [-0.39, 0.29) is 5.97 Å². The fraction of sp³-hybridized carbons (Fsp3) is 0.636. The van der Waals surface area contributed by atoms with Crippen LogP contribution in [0.25, 0.3) is 0 Å². The minimum atomic E-state index is -0.326. The summed E-state index contributed by atoms with van der Waals surface area (Å²) in [5.74, 6) is 0.399. The zero-order chi connectivity index (χ0) is 12.0. The lowest BCUT2D eigenvalue weighted by molar-refractivity contribution is 0.0606. The first-order valence-corrected chi connectivity index (χ1v) is 6.23. The van der Waals surface area contributed by atoms with Gasteiger partial charge in [-0.25, -0.2) is 9.78 Å². The number of esters is 1. The number of methoxy groups -OCH3 is 1. The summed E-state index contributed by atoms with van der Waals surface area (Å²) in [7, 11) is 1.37. The van der Waals surface area contributed by atoms with E-state index in [1.807, 2.05) is 0 Å². The van der Waals surface area contributed by atoms with Gasteiger partial charge in [0.1, 0.15) is 4.88 Å². The Morgan fingerprint density at radius 1 is 1.62 bits per heavy atom. The van der Waals surface area contributed by atoms with Crippen molar-refractivity contribution in [2.24, 2.45) is 5.92 Å². The molecule has 90 valence electrons. The monoisotopic (exact) mass is 242 g/mol. The van der Waals surface area contributed by atoms with Gasteiger partial charge in [0.05, 0.1) is 13.3 Å². The molecule has 5 heteroatoms. The zero-order valence-electron chi connectivity index (χ0n) is 9.95. The summed E-state index contributed by atoms with van der Waals surface area (Å²) in [6.07, 6.45) is 3.86. The van der Waals surface area contributed by atoms with E-state index in [9.17, 15) is 4.79 Å². The normalized spacial score (nSPS) is 10.5. The topological polar surface area (TPSA) is 51.2 Å². The number of carbonyl (C=O) groups excluding carboxylic acids is 1. The van der Waals surface area contributed by atoms with E-state index in [0.29, 0.717) is 4.88 Å². The molecule has 4 nitrogen and oxygen atoms in total. The highest BCUT2D eigenvalue weighted by atomic mass is 32.1. The Hall–Kier alpha value is -1.10. The highest BCUT2D eigenvalue weighted by Gasteiger charge is 2.09. The lowest BCUT2D eigenvalue weighted by Gasteiger charge is -2.04. The van der Waals surface area contributed by atoms with E-state index in [4.69, 9.17) is 0 Å². The Kier molecular flexibility index (Phi) is 5.25. The van der Waals surface area contributed by atoms with Crippen LogP contribution < -0.4 is 5.32 Å². The van der Waals surface area contributed by atoms with Crippen LogP contribution in [0.3, 0.4) is 0 Å². The number of thiazole rings is 1. The molecule has 0 aliphatic carbocycles. The number of anilines is 1. The third-order valence-corrected chi connectivity index (χ3v) is 3.06. The summed E-state index contributed by atoms with van der Waals surface area (Å²) < 4.78 is 4.61. The van der Waals surface area contributed by atoms with E-state index in [1.165, 1.54) is 24.9 Å². The van der Waals surface area contributed by atoms with E-state index in [1.54, 1.807) is 6.20 Å². The van der Waals surface area contributed by atoms with E-state index in [2.05, 4.69) is 28.9 Å². The van der Waals surface area contributed by atoms with Gasteiger partial charge in [0.15, 0.2) is 5.13 Å². The van der Waals surface area contributed by atoms with Gasteiger partial charge < -0.3 is 10.1 Å². The van der Waals surface area contributed by atoms with Crippen LogP contribution >= 0.6 is 11.3 Å². The Balaban J connectivity index is 2.32. The number of carbonyl (C=O) groups is 1.